The van der Waals surface area contributed by atoms with Crippen molar-refractivity contribution in [2.24, 2.45) is 5.10 Å². The van der Waals surface area contributed by atoms with Crippen LogP contribution in [0.25, 0.3) is 0 Å². The maximum absolute atomic E-state index is 11.8. The number of benzene rings is 2. The molecule has 0 unspecified atom stereocenters. The molecule has 0 bridgehead atoms. The van der Waals surface area contributed by atoms with Gasteiger partial charge in [0.15, 0.2) is 6.61 Å². The van der Waals surface area contributed by atoms with Crippen LogP contribution in [0.3, 0.4) is 0 Å². The minimum absolute atomic E-state index is 0.188. The number of hydrogen-bond donors (Lipinski definition) is 1. The summed E-state index contributed by atoms with van der Waals surface area (Å²) in [5, 5.41) is 4.91. The first-order valence-electron chi connectivity index (χ1n) is 6.94. The number of rotatable bonds is 5. The molecule has 0 saturated carbocycles. The summed E-state index contributed by atoms with van der Waals surface area (Å²) in [7, 11) is 0. The summed E-state index contributed by atoms with van der Waals surface area (Å²) in [6.45, 7) is 3.64. The number of amides is 1. The Balaban J connectivity index is 1.89. The predicted octanol–water partition coefficient (Wildman–Crippen LogP) is 4.22. The Bertz CT molecular complexity index is 728. The lowest BCUT2D eigenvalue weighted by Gasteiger charge is -2.07. The largest absolute Gasteiger partial charge is 0.482 e. The smallest absolute Gasteiger partial charge is 0.277 e. The highest BCUT2D eigenvalue weighted by Crippen LogP contribution is 2.27. The van der Waals surface area contributed by atoms with E-state index in [0.29, 0.717) is 21.5 Å². The molecule has 0 aliphatic rings. The molecule has 0 aromatic heterocycles. The average molecular weight is 351 g/mol. The molecule has 4 nitrogen and oxygen atoms in total. The van der Waals surface area contributed by atoms with Crippen molar-refractivity contribution < 1.29 is 9.53 Å². The van der Waals surface area contributed by atoms with Crippen molar-refractivity contribution in [3.8, 4) is 5.75 Å². The SMILES string of the molecule is C/C(=N/NC(=O)COc1ccc(Cl)cc1Cl)c1ccc(C)cc1. The maximum Gasteiger partial charge on any atom is 0.277 e. The molecule has 0 heterocycles. The molecule has 23 heavy (non-hydrogen) atoms. The van der Waals surface area contributed by atoms with Crippen LogP contribution in [0.5, 0.6) is 5.75 Å². The Morgan fingerprint density at radius 1 is 1.17 bits per heavy atom. The average Bonchev–Trinajstić information content (AvgIpc) is 2.52. The number of nitrogens with zero attached hydrogens (tertiary/aromatic N) is 1. The van der Waals surface area contributed by atoms with E-state index < -0.39 is 0 Å². The zero-order chi connectivity index (χ0) is 16.8. The number of nitrogens with one attached hydrogen (secondary N) is 1. The van der Waals surface area contributed by atoms with Gasteiger partial charge >= 0.3 is 0 Å². The minimum Gasteiger partial charge on any atom is -0.482 e. The summed E-state index contributed by atoms with van der Waals surface area (Å²) in [4.78, 5) is 11.8. The zero-order valence-electron chi connectivity index (χ0n) is 12.8. The van der Waals surface area contributed by atoms with E-state index in [-0.39, 0.29) is 12.5 Å². The van der Waals surface area contributed by atoms with E-state index in [2.05, 4.69) is 10.5 Å². The maximum atomic E-state index is 11.8. The number of carbonyl (C=O) groups excluding carboxylic acids is 1. The second-order valence-corrected chi connectivity index (χ2v) is 5.81. The van der Waals surface area contributed by atoms with E-state index in [1.54, 1.807) is 18.2 Å². The van der Waals surface area contributed by atoms with Gasteiger partial charge in [-0.2, -0.15) is 5.10 Å². The van der Waals surface area contributed by atoms with Crippen molar-refractivity contribution in [3.63, 3.8) is 0 Å². The van der Waals surface area contributed by atoms with Crippen molar-refractivity contribution in [2.75, 3.05) is 6.61 Å². The summed E-state index contributed by atoms with van der Waals surface area (Å²) in [5.41, 5.74) is 5.27. The standard InChI is InChI=1S/C17H16Cl2N2O2/c1-11-3-5-13(6-4-11)12(2)20-21-17(22)10-23-16-8-7-14(18)9-15(16)19/h3-9H,10H2,1-2H3,(H,21,22)/b20-12-. The summed E-state index contributed by atoms with van der Waals surface area (Å²) in [5.74, 6) is 0.0212. The van der Waals surface area contributed by atoms with Gasteiger partial charge in [-0.05, 0) is 37.6 Å². The molecule has 2 aromatic rings. The van der Waals surface area contributed by atoms with E-state index >= 15 is 0 Å². The van der Waals surface area contributed by atoms with Gasteiger partial charge in [-0.3, -0.25) is 4.79 Å². The molecule has 0 fully saturated rings. The number of hydrogen-bond acceptors (Lipinski definition) is 3. The Labute approximate surface area is 145 Å². The fourth-order valence-corrected chi connectivity index (χ4v) is 2.24. The third-order valence-corrected chi connectivity index (χ3v) is 3.60. The van der Waals surface area contributed by atoms with Crippen LogP contribution in [0.4, 0.5) is 0 Å². The molecule has 0 atom stereocenters. The van der Waals surface area contributed by atoms with Crippen molar-refractivity contribution in [2.45, 2.75) is 13.8 Å². The van der Waals surface area contributed by atoms with Crippen LogP contribution >= 0.6 is 23.2 Å². The van der Waals surface area contributed by atoms with Gasteiger partial charge in [0.05, 0.1) is 10.7 Å². The third-order valence-electron chi connectivity index (χ3n) is 3.07. The molecular weight excluding hydrogens is 335 g/mol. The second kappa shape index (κ2) is 7.99. The molecule has 6 heteroatoms. The first-order valence-corrected chi connectivity index (χ1v) is 7.69. The van der Waals surface area contributed by atoms with Gasteiger partial charge in [0, 0.05) is 5.02 Å². The Morgan fingerprint density at radius 3 is 2.52 bits per heavy atom. The first-order chi connectivity index (χ1) is 11.0. The number of aryl methyl sites for hydroxylation is 1. The molecule has 0 aliphatic carbocycles. The number of ether oxygens (including phenoxy) is 1. The van der Waals surface area contributed by atoms with Gasteiger partial charge in [-0.1, -0.05) is 53.0 Å². The zero-order valence-corrected chi connectivity index (χ0v) is 14.3. The monoisotopic (exact) mass is 350 g/mol. The van der Waals surface area contributed by atoms with E-state index in [1.165, 1.54) is 5.56 Å². The first kappa shape index (κ1) is 17.3. The van der Waals surface area contributed by atoms with Crippen molar-refractivity contribution in [1.29, 1.82) is 0 Å². The van der Waals surface area contributed by atoms with Gasteiger partial charge in [0.1, 0.15) is 5.75 Å². The molecule has 0 radical (unpaired) electrons. The van der Waals surface area contributed by atoms with Crippen molar-refractivity contribution in [3.05, 3.63) is 63.6 Å². The van der Waals surface area contributed by atoms with Crippen molar-refractivity contribution >= 4 is 34.8 Å². The van der Waals surface area contributed by atoms with Gasteiger partial charge < -0.3 is 4.74 Å². The fourth-order valence-electron chi connectivity index (χ4n) is 1.77. The highest BCUT2D eigenvalue weighted by Gasteiger charge is 2.06. The van der Waals surface area contributed by atoms with Crippen LogP contribution in [0.1, 0.15) is 18.1 Å². The lowest BCUT2D eigenvalue weighted by molar-refractivity contribution is -0.123. The quantitative estimate of drug-likeness (QED) is 0.648. The van der Waals surface area contributed by atoms with Crippen LogP contribution in [-0.4, -0.2) is 18.2 Å². The fraction of sp³-hybridized carbons (Fsp3) is 0.176. The Morgan fingerprint density at radius 2 is 1.87 bits per heavy atom. The molecule has 0 saturated heterocycles. The highest BCUT2D eigenvalue weighted by molar-refractivity contribution is 6.35. The van der Waals surface area contributed by atoms with Crippen LogP contribution < -0.4 is 10.2 Å². The van der Waals surface area contributed by atoms with Crippen molar-refractivity contribution in [1.82, 2.24) is 5.43 Å². The lowest BCUT2D eigenvalue weighted by atomic mass is 10.1. The molecular formula is C17H16Cl2N2O2. The predicted molar refractivity (Wildman–Crippen MR) is 93.5 cm³/mol. The normalized spacial score (nSPS) is 11.2. The summed E-state index contributed by atoms with van der Waals surface area (Å²) < 4.78 is 5.34. The number of hydrazone groups is 1. The molecule has 0 spiro atoms. The summed E-state index contributed by atoms with van der Waals surface area (Å²) >= 11 is 11.8. The second-order valence-electron chi connectivity index (χ2n) is 4.96. The Kier molecular flexibility index (Phi) is 6.02. The van der Waals surface area contributed by atoms with Gasteiger partial charge in [0.2, 0.25) is 0 Å². The van der Waals surface area contributed by atoms with E-state index in [0.717, 1.165) is 5.56 Å². The van der Waals surface area contributed by atoms with Crippen LogP contribution in [0.15, 0.2) is 47.6 Å². The summed E-state index contributed by atoms with van der Waals surface area (Å²) in [6, 6.07) is 12.7. The van der Waals surface area contributed by atoms with Crippen LogP contribution in [0, 0.1) is 6.92 Å². The lowest BCUT2D eigenvalue weighted by Crippen LogP contribution is -2.25. The molecule has 2 aromatic carbocycles. The molecule has 1 N–H and O–H groups in total. The highest BCUT2D eigenvalue weighted by atomic mass is 35.5. The molecule has 0 aliphatic heterocycles. The number of halogens is 2. The van der Waals surface area contributed by atoms with Crippen LogP contribution in [0.2, 0.25) is 10.0 Å². The Hall–Kier alpha value is -2.04. The minimum atomic E-state index is -0.373. The van der Waals surface area contributed by atoms with Gasteiger partial charge in [-0.15, -0.1) is 0 Å². The van der Waals surface area contributed by atoms with Crippen LogP contribution in [-0.2, 0) is 4.79 Å². The van der Waals surface area contributed by atoms with E-state index in [9.17, 15) is 4.79 Å². The van der Waals surface area contributed by atoms with Gasteiger partial charge in [0.25, 0.3) is 5.91 Å². The van der Waals surface area contributed by atoms with E-state index in [1.807, 2.05) is 38.1 Å². The van der Waals surface area contributed by atoms with Gasteiger partial charge in [-0.25, -0.2) is 5.43 Å². The topological polar surface area (TPSA) is 50.7 Å². The third kappa shape index (κ3) is 5.27. The van der Waals surface area contributed by atoms with E-state index in [4.69, 9.17) is 27.9 Å². The number of carbonyl (C=O) groups is 1. The molecule has 120 valence electrons. The molecule has 2 rings (SSSR count). The molecule has 1 amide bonds. The summed E-state index contributed by atoms with van der Waals surface area (Å²) in [6.07, 6.45) is 0.